The van der Waals surface area contributed by atoms with Crippen LogP contribution < -0.4 is 5.43 Å². The molecular formula is C23H17Br2N5O2S. The molecule has 0 saturated heterocycles. The molecule has 1 heterocycles. The van der Waals surface area contributed by atoms with E-state index in [1.165, 1.54) is 18.0 Å². The summed E-state index contributed by atoms with van der Waals surface area (Å²) >= 11 is 7.81. The summed E-state index contributed by atoms with van der Waals surface area (Å²) in [5, 5.41) is 23.1. The van der Waals surface area contributed by atoms with Crippen LogP contribution in [0.25, 0.3) is 17.1 Å². The second kappa shape index (κ2) is 10.8. The summed E-state index contributed by atoms with van der Waals surface area (Å²) in [6, 6.07) is 22.9. The third-order valence-electron chi connectivity index (χ3n) is 4.45. The second-order valence-corrected chi connectivity index (χ2v) is 9.41. The van der Waals surface area contributed by atoms with Crippen molar-refractivity contribution in [2.45, 2.75) is 5.16 Å². The van der Waals surface area contributed by atoms with Crippen LogP contribution in [0.3, 0.4) is 0 Å². The number of carbonyl (C=O) groups excluding carboxylic acids is 1. The summed E-state index contributed by atoms with van der Waals surface area (Å²) in [6.45, 7) is 0. The number of amides is 1. The zero-order valence-corrected chi connectivity index (χ0v) is 21.0. The van der Waals surface area contributed by atoms with E-state index in [1.807, 2.05) is 65.2 Å². The largest absolute Gasteiger partial charge is 0.506 e. The fourth-order valence-corrected chi connectivity index (χ4v) is 4.91. The molecule has 33 heavy (non-hydrogen) atoms. The lowest BCUT2D eigenvalue weighted by Gasteiger charge is -2.10. The Kier molecular flexibility index (Phi) is 7.58. The van der Waals surface area contributed by atoms with Gasteiger partial charge < -0.3 is 5.11 Å². The fraction of sp³-hybridized carbons (Fsp3) is 0.0435. The van der Waals surface area contributed by atoms with Crippen molar-refractivity contribution in [3.63, 3.8) is 0 Å². The zero-order chi connectivity index (χ0) is 23.2. The number of hydrogen-bond donors (Lipinski definition) is 2. The molecule has 0 spiro atoms. The van der Waals surface area contributed by atoms with Crippen LogP contribution in [0.1, 0.15) is 5.56 Å². The minimum Gasteiger partial charge on any atom is -0.506 e. The van der Waals surface area contributed by atoms with E-state index >= 15 is 0 Å². The van der Waals surface area contributed by atoms with E-state index in [4.69, 9.17) is 0 Å². The molecule has 0 aliphatic rings. The normalized spacial score (nSPS) is 11.1. The van der Waals surface area contributed by atoms with Gasteiger partial charge in [0.25, 0.3) is 5.91 Å². The van der Waals surface area contributed by atoms with Gasteiger partial charge in [-0.25, -0.2) is 5.43 Å². The van der Waals surface area contributed by atoms with Crippen LogP contribution in [-0.4, -0.2) is 37.7 Å². The first-order valence-electron chi connectivity index (χ1n) is 9.72. The molecule has 0 bridgehead atoms. The van der Waals surface area contributed by atoms with Crippen LogP contribution >= 0.6 is 43.6 Å². The molecule has 4 rings (SSSR count). The Morgan fingerprint density at radius 1 is 1.03 bits per heavy atom. The first-order chi connectivity index (χ1) is 16.0. The molecule has 7 nitrogen and oxygen atoms in total. The number of benzene rings is 3. The van der Waals surface area contributed by atoms with Gasteiger partial charge in [0, 0.05) is 11.3 Å². The number of nitrogens with zero attached hydrogens (tertiary/aromatic N) is 4. The van der Waals surface area contributed by atoms with Crippen LogP contribution in [0, 0.1) is 0 Å². The number of halogens is 2. The van der Waals surface area contributed by atoms with Gasteiger partial charge in [-0.1, -0.05) is 60.3 Å². The first kappa shape index (κ1) is 23.2. The van der Waals surface area contributed by atoms with Gasteiger partial charge in [0.2, 0.25) is 0 Å². The molecule has 0 radical (unpaired) electrons. The average molecular weight is 587 g/mol. The number of thioether (sulfide) groups is 1. The molecule has 4 aromatic rings. The monoisotopic (exact) mass is 585 g/mol. The van der Waals surface area contributed by atoms with E-state index in [-0.39, 0.29) is 17.4 Å². The molecule has 3 aromatic carbocycles. The van der Waals surface area contributed by atoms with Crippen molar-refractivity contribution in [3.05, 3.63) is 87.3 Å². The highest BCUT2D eigenvalue weighted by atomic mass is 79.9. The molecule has 2 N–H and O–H groups in total. The average Bonchev–Trinajstić information content (AvgIpc) is 3.26. The molecule has 1 aromatic heterocycles. The Balaban J connectivity index is 1.47. The van der Waals surface area contributed by atoms with Crippen LogP contribution in [0.4, 0.5) is 0 Å². The molecule has 0 atom stereocenters. The van der Waals surface area contributed by atoms with Crippen molar-refractivity contribution >= 4 is 55.7 Å². The summed E-state index contributed by atoms with van der Waals surface area (Å²) in [7, 11) is 0. The Labute approximate surface area is 211 Å². The molecule has 1 amide bonds. The molecule has 10 heteroatoms. The number of hydrogen-bond acceptors (Lipinski definition) is 6. The summed E-state index contributed by atoms with van der Waals surface area (Å²) < 4.78 is 2.98. The lowest BCUT2D eigenvalue weighted by Crippen LogP contribution is -2.20. The SMILES string of the molecule is O=C(CSc1nnc(-c2ccccc2)n1-c1ccccc1)NN=Cc1cc(Br)c(O)c(Br)c1. The van der Waals surface area contributed by atoms with Crippen LogP contribution in [0.15, 0.2) is 92.0 Å². The highest BCUT2D eigenvalue weighted by molar-refractivity contribution is 9.11. The summed E-state index contributed by atoms with van der Waals surface area (Å²) in [6.07, 6.45) is 1.50. The maximum atomic E-state index is 12.4. The highest BCUT2D eigenvalue weighted by Gasteiger charge is 2.17. The Hall–Kier alpha value is -2.95. The predicted molar refractivity (Wildman–Crippen MR) is 137 cm³/mol. The number of aromatic hydroxyl groups is 1. The molecule has 0 fully saturated rings. The van der Waals surface area contributed by atoms with Crippen LogP contribution in [0.5, 0.6) is 5.75 Å². The standard InChI is InChI=1S/C23H17Br2N5O2S/c24-18-11-15(12-19(25)21(18)32)13-26-27-20(31)14-33-23-29-28-22(16-7-3-1-4-8-16)30(23)17-9-5-2-6-10-17/h1-13,32H,14H2,(H,27,31). The van der Waals surface area contributed by atoms with Crippen molar-refractivity contribution in [2.75, 3.05) is 5.75 Å². The number of phenols is 1. The van der Waals surface area contributed by atoms with E-state index in [2.05, 4.69) is 52.6 Å². The van der Waals surface area contributed by atoms with Crippen molar-refractivity contribution in [1.29, 1.82) is 0 Å². The minimum atomic E-state index is -0.281. The van der Waals surface area contributed by atoms with Gasteiger partial charge in [-0.2, -0.15) is 5.10 Å². The number of phenolic OH excluding ortho intramolecular Hbond substituents is 1. The van der Waals surface area contributed by atoms with E-state index in [0.717, 1.165) is 11.3 Å². The molecule has 0 saturated carbocycles. The summed E-state index contributed by atoms with van der Waals surface area (Å²) in [4.78, 5) is 12.4. The second-order valence-electron chi connectivity index (χ2n) is 6.76. The first-order valence-corrected chi connectivity index (χ1v) is 12.3. The third kappa shape index (κ3) is 5.70. The minimum absolute atomic E-state index is 0.102. The van der Waals surface area contributed by atoms with Crippen molar-refractivity contribution in [3.8, 4) is 22.8 Å². The zero-order valence-electron chi connectivity index (χ0n) is 17.0. The van der Waals surface area contributed by atoms with Gasteiger partial charge in [-0.05, 0) is 61.7 Å². The van der Waals surface area contributed by atoms with Gasteiger partial charge >= 0.3 is 0 Å². The fourth-order valence-electron chi connectivity index (χ4n) is 2.95. The van der Waals surface area contributed by atoms with E-state index < -0.39 is 0 Å². The molecule has 166 valence electrons. The quantitative estimate of drug-likeness (QED) is 0.172. The number of aromatic nitrogens is 3. The Morgan fingerprint density at radius 2 is 1.67 bits per heavy atom. The third-order valence-corrected chi connectivity index (χ3v) is 6.59. The van der Waals surface area contributed by atoms with Gasteiger partial charge in [0.1, 0.15) is 5.75 Å². The van der Waals surface area contributed by atoms with Gasteiger partial charge in [0.05, 0.1) is 20.9 Å². The van der Waals surface area contributed by atoms with E-state index in [9.17, 15) is 9.90 Å². The summed E-state index contributed by atoms with van der Waals surface area (Å²) in [5.41, 5.74) is 5.06. The number of carbonyl (C=O) groups is 1. The lowest BCUT2D eigenvalue weighted by atomic mass is 10.2. The number of rotatable bonds is 7. The van der Waals surface area contributed by atoms with Gasteiger partial charge in [-0.3, -0.25) is 9.36 Å². The van der Waals surface area contributed by atoms with E-state index in [0.29, 0.717) is 25.5 Å². The molecular weight excluding hydrogens is 570 g/mol. The number of nitrogens with one attached hydrogen (secondary N) is 1. The molecule has 0 aliphatic carbocycles. The van der Waals surface area contributed by atoms with Crippen molar-refractivity contribution in [2.24, 2.45) is 5.10 Å². The molecule has 0 aliphatic heterocycles. The lowest BCUT2D eigenvalue weighted by molar-refractivity contribution is -0.118. The highest BCUT2D eigenvalue weighted by Crippen LogP contribution is 2.33. The Bertz CT molecular complexity index is 1270. The maximum Gasteiger partial charge on any atom is 0.250 e. The van der Waals surface area contributed by atoms with Gasteiger partial charge in [0.15, 0.2) is 11.0 Å². The van der Waals surface area contributed by atoms with Crippen molar-refractivity contribution in [1.82, 2.24) is 20.2 Å². The topological polar surface area (TPSA) is 92.4 Å². The Morgan fingerprint density at radius 3 is 2.33 bits per heavy atom. The predicted octanol–water partition coefficient (Wildman–Crippen LogP) is 5.41. The van der Waals surface area contributed by atoms with Crippen LogP contribution in [0.2, 0.25) is 0 Å². The maximum absolute atomic E-state index is 12.4. The van der Waals surface area contributed by atoms with Gasteiger partial charge in [-0.15, -0.1) is 10.2 Å². The van der Waals surface area contributed by atoms with Crippen LogP contribution in [-0.2, 0) is 4.79 Å². The molecule has 0 unspecified atom stereocenters. The summed E-state index contributed by atoms with van der Waals surface area (Å²) in [5.74, 6) is 0.633. The smallest absolute Gasteiger partial charge is 0.250 e. The number of hydrazone groups is 1. The van der Waals surface area contributed by atoms with E-state index in [1.54, 1.807) is 12.1 Å². The van der Waals surface area contributed by atoms with Crippen molar-refractivity contribution < 1.29 is 9.90 Å². The number of para-hydroxylation sites is 1.